The molecule has 0 spiro atoms. The molecule has 0 aromatic carbocycles. The van der Waals surface area contributed by atoms with Gasteiger partial charge in [0.15, 0.2) is 15.2 Å². The van der Waals surface area contributed by atoms with E-state index in [0.717, 1.165) is 13.8 Å². The summed E-state index contributed by atoms with van der Waals surface area (Å²) >= 11 is 0. The lowest BCUT2D eigenvalue weighted by Crippen LogP contribution is -2.72. The number of carboxylic acids is 1. The lowest BCUT2D eigenvalue weighted by molar-refractivity contribution is -0.193. The molecule has 12 heteroatoms. The number of β-lactam (4-membered cyclic amide) rings is 1. The fraction of sp³-hybridized carbons (Fsp3) is 0.727. The minimum Gasteiger partial charge on any atom is -0.480 e. The minimum atomic E-state index is -5.28. The molecule has 2 amide bonds. The van der Waals surface area contributed by atoms with Gasteiger partial charge >= 0.3 is 18.1 Å². The Morgan fingerprint density at radius 2 is 1.78 bits per heavy atom. The summed E-state index contributed by atoms with van der Waals surface area (Å²) in [6.07, 6.45) is -5.28. The zero-order valence-corrected chi connectivity index (χ0v) is 13.0. The van der Waals surface area contributed by atoms with E-state index in [0.29, 0.717) is 11.9 Å². The van der Waals surface area contributed by atoms with Gasteiger partial charge in [-0.25, -0.2) is 13.2 Å². The number of rotatable bonds is 2. The summed E-state index contributed by atoms with van der Waals surface area (Å²) in [7, 11) is -3.64. The molecule has 2 rings (SSSR count). The van der Waals surface area contributed by atoms with E-state index in [4.69, 9.17) is 5.11 Å². The van der Waals surface area contributed by atoms with Crippen molar-refractivity contribution in [1.82, 2.24) is 9.80 Å². The molecule has 0 saturated carbocycles. The van der Waals surface area contributed by atoms with Crippen LogP contribution in [-0.4, -0.2) is 76.5 Å². The highest BCUT2D eigenvalue weighted by molar-refractivity contribution is 7.94. The van der Waals surface area contributed by atoms with Crippen LogP contribution >= 0.6 is 0 Å². The second-order valence-corrected chi connectivity index (χ2v) is 8.51. The summed E-state index contributed by atoms with van der Waals surface area (Å²) in [4.78, 5) is 35.1. The Bertz CT molecular complexity index is 701. The third kappa shape index (κ3) is 2.03. The molecular formula is C11H13F3N2O6S. The van der Waals surface area contributed by atoms with E-state index in [1.54, 1.807) is 0 Å². The van der Waals surface area contributed by atoms with Crippen molar-refractivity contribution in [2.75, 3.05) is 7.05 Å². The number of hydrogen-bond donors (Lipinski definition) is 1. The first-order chi connectivity index (χ1) is 10.2. The standard InChI is InChI=1S/C11H13F3N2O6S/c1-10(2)5(8(18)19)16-6(17)4(7(16)23(10,21)22)15(3)9(20)11(12,13)14/h4-5,7H,1-3H3,(H,18,19)/t4-,5-,7+/m0/s1. The molecule has 2 aliphatic rings. The number of alkyl halides is 3. The molecule has 2 aliphatic heterocycles. The van der Waals surface area contributed by atoms with Gasteiger partial charge in [-0.2, -0.15) is 13.2 Å². The number of nitrogens with zero attached hydrogens (tertiary/aromatic N) is 2. The molecule has 3 atom stereocenters. The highest BCUT2D eigenvalue weighted by Crippen LogP contribution is 2.47. The van der Waals surface area contributed by atoms with Gasteiger partial charge in [0.2, 0.25) is 0 Å². The van der Waals surface area contributed by atoms with Gasteiger partial charge in [-0.15, -0.1) is 0 Å². The third-order valence-corrected chi connectivity index (χ3v) is 7.06. The van der Waals surface area contributed by atoms with E-state index in [-0.39, 0.29) is 4.90 Å². The van der Waals surface area contributed by atoms with Crippen LogP contribution in [0, 0.1) is 0 Å². The van der Waals surface area contributed by atoms with Crippen LogP contribution in [0.3, 0.4) is 0 Å². The molecule has 0 aliphatic carbocycles. The van der Waals surface area contributed by atoms with Gasteiger partial charge < -0.3 is 14.9 Å². The summed E-state index contributed by atoms with van der Waals surface area (Å²) in [5.41, 5.74) is 0. The highest BCUT2D eigenvalue weighted by atomic mass is 32.2. The topological polar surface area (TPSA) is 112 Å². The molecule has 0 unspecified atom stereocenters. The van der Waals surface area contributed by atoms with Crippen molar-refractivity contribution in [1.29, 1.82) is 0 Å². The summed E-state index contributed by atoms with van der Waals surface area (Å²) in [5.74, 6) is -5.10. The van der Waals surface area contributed by atoms with E-state index in [2.05, 4.69) is 0 Å². The predicted molar refractivity (Wildman–Crippen MR) is 67.7 cm³/mol. The molecule has 2 saturated heterocycles. The maximum atomic E-state index is 12.5. The first-order valence-electron chi connectivity index (χ1n) is 6.29. The number of halogens is 3. The first kappa shape index (κ1) is 17.5. The average Bonchev–Trinajstić information content (AvgIpc) is 2.50. The Morgan fingerprint density at radius 3 is 2.17 bits per heavy atom. The molecule has 0 radical (unpaired) electrons. The molecule has 8 nitrogen and oxygen atoms in total. The van der Waals surface area contributed by atoms with Gasteiger partial charge in [-0.1, -0.05) is 0 Å². The highest BCUT2D eigenvalue weighted by Gasteiger charge is 2.73. The lowest BCUT2D eigenvalue weighted by Gasteiger charge is -2.46. The van der Waals surface area contributed by atoms with E-state index in [9.17, 15) is 36.0 Å². The molecule has 0 aromatic rings. The molecule has 130 valence electrons. The Morgan fingerprint density at radius 1 is 1.30 bits per heavy atom. The monoisotopic (exact) mass is 358 g/mol. The van der Waals surface area contributed by atoms with Gasteiger partial charge in [0.25, 0.3) is 5.91 Å². The maximum Gasteiger partial charge on any atom is 0.471 e. The van der Waals surface area contributed by atoms with Crippen molar-refractivity contribution in [2.45, 2.75) is 42.2 Å². The van der Waals surface area contributed by atoms with Crippen LogP contribution < -0.4 is 0 Å². The second-order valence-electron chi connectivity index (χ2n) is 5.88. The number of carbonyl (C=O) groups is 3. The third-order valence-electron chi connectivity index (χ3n) is 4.25. The van der Waals surface area contributed by atoms with E-state index < -0.39 is 56.0 Å². The summed E-state index contributed by atoms with van der Waals surface area (Å²) in [6.45, 7) is 2.16. The van der Waals surface area contributed by atoms with Crippen molar-refractivity contribution in [2.24, 2.45) is 0 Å². The Balaban J connectivity index is 2.47. The van der Waals surface area contributed by atoms with Crippen molar-refractivity contribution in [3.8, 4) is 0 Å². The second kappa shape index (κ2) is 4.58. The molecule has 2 heterocycles. The number of sulfone groups is 1. The van der Waals surface area contributed by atoms with Crippen molar-refractivity contribution in [3.63, 3.8) is 0 Å². The fourth-order valence-corrected chi connectivity index (χ4v) is 5.28. The van der Waals surface area contributed by atoms with Crippen LogP contribution in [0.4, 0.5) is 13.2 Å². The first-order valence-corrected chi connectivity index (χ1v) is 7.84. The normalized spacial score (nSPS) is 31.3. The van der Waals surface area contributed by atoms with Gasteiger partial charge in [-0.05, 0) is 13.8 Å². The summed E-state index contributed by atoms with van der Waals surface area (Å²) in [6, 6.07) is -3.62. The average molecular weight is 358 g/mol. The number of hydrogen-bond acceptors (Lipinski definition) is 5. The number of amides is 2. The van der Waals surface area contributed by atoms with Crippen molar-refractivity contribution in [3.05, 3.63) is 0 Å². The molecule has 2 fully saturated rings. The van der Waals surface area contributed by atoms with Crippen LogP contribution in [0.5, 0.6) is 0 Å². The van der Waals surface area contributed by atoms with E-state index in [1.165, 1.54) is 0 Å². The number of carbonyl (C=O) groups excluding carboxylic acids is 2. The van der Waals surface area contributed by atoms with Crippen LogP contribution in [0.1, 0.15) is 13.8 Å². The summed E-state index contributed by atoms with van der Waals surface area (Å²) in [5, 5.41) is 7.36. The smallest absolute Gasteiger partial charge is 0.471 e. The predicted octanol–water partition coefficient (Wildman–Crippen LogP) is -0.796. The van der Waals surface area contributed by atoms with Gasteiger partial charge in [0.1, 0.15) is 16.8 Å². The van der Waals surface area contributed by atoms with Gasteiger partial charge in [0.05, 0.1) is 0 Å². The van der Waals surface area contributed by atoms with Crippen molar-refractivity contribution >= 4 is 27.6 Å². The zero-order chi connectivity index (χ0) is 18.1. The van der Waals surface area contributed by atoms with Crippen molar-refractivity contribution < 1.29 is 41.1 Å². The van der Waals surface area contributed by atoms with Crippen LogP contribution in [-0.2, 0) is 24.2 Å². The molecule has 1 N–H and O–H groups in total. The minimum absolute atomic E-state index is 0.00135. The maximum absolute atomic E-state index is 12.5. The summed E-state index contributed by atoms with van der Waals surface area (Å²) < 4.78 is 60.4. The quantitative estimate of drug-likeness (QED) is 0.647. The van der Waals surface area contributed by atoms with Gasteiger partial charge in [0, 0.05) is 7.05 Å². The SMILES string of the molecule is CN(C(=O)C(F)(F)F)[C@H]1C(=O)N2[C@@H](C(=O)O)C(C)(C)S(=O)(=O)[C@H]12. The largest absolute Gasteiger partial charge is 0.480 e. The zero-order valence-electron chi connectivity index (χ0n) is 12.2. The van der Waals surface area contributed by atoms with E-state index in [1.807, 2.05) is 0 Å². The Kier molecular flexibility index (Phi) is 3.49. The Labute approximate surface area is 128 Å². The number of likely N-dealkylation sites (N-methyl/N-ethyl adjacent to an activating group) is 1. The number of fused-ring (bicyclic) bond motifs is 1. The van der Waals surface area contributed by atoms with Crippen LogP contribution in [0.2, 0.25) is 0 Å². The Hall–Kier alpha value is -1.85. The van der Waals surface area contributed by atoms with Crippen LogP contribution in [0.25, 0.3) is 0 Å². The van der Waals surface area contributed by atoms with Gasteiger partial charge in [-0.3, -0.25) is 9.59 Å². The molecule has 0 bridgehead atoms. The lowest BCUT2D eigenvalue weighted by atomic mass is 9.95. The molecular weight excluding hydrogens is 345 g/mol. The van der Waals surface area contributed by atoms with E-state index >= 15 is 0 Å². The number of aliphatic carboxylic acids is 1. The molecule has 23 heavy (non-hydrogen) atoms. The molecule has 0 aromatic heterocycles. The fourth-order valence-electron chi connectivity index (χ4n) is 2.96. The van der Waals surface area contributed by atoms with Crippen LogP contribution in [0.15, 0.2) is 0 Å². The number of carboxylic acid groups (broad SMARTS) is 1.